The van der Waals surface area contributed by atoms with Gasteiger partial charge in [0.25, 0.3) is 0 Å². The summed E-state index contributed by atoms with van der Waals surface area (Å²) in [6.07, 6.45) is 4.22. The maximum absolute atomic E-state index is 6.41. The summed E-state index contributed by atoms with van der Waals surface area (Å²) in [4.78, 5) is 9.36. The summed E-state index contributed by atoms with van der Waals surface area (Å²) < 4.78 is 2.13. The smallest absolute Gasteiger partial charge is 0.164 e. The predicted molar refractivity (Wildman–Crippen MR) is 88.3 cm³/mol. The highest BCUT2D eigenvalue weighted by Crippen LogP contribution is 2.41. The topological polar surface area (TPSA) is 30.7 Å². The fourth-order valence-corrected chi connectivity index (χ4v) is 4.28. The third-order valence-electron chi connectivity index (χ3n) is 3.75. The summed E-state index contributed by atoms with van der Waals surface area (Å²) >= 11 is 8.38. The molecule has 106 valence electrons. The number of halogens is 1. The molecule has 0 saturated carbocycles. The van der Waals surface area contributed by atoms with E-state index in [2.05, 4.69) is 9.55 Å². The Morgan fingerprint density at radius 3 is 2.90 bits per heavy atom. The standard InChI is InChI=1S/C16H14ClN3S/c17-11-5-1-2-7-13(11)20-15-12(6-3-9-18-15)19-16(20)14-8-4-10-21-14/h1-3,5-7,9,14H,4,8,10H2. The Hall–Kier alpha value is -1.52. The summed E-state index contributed by atoms with van der Waals surface area (Å²) in [5.74, 6) is 2.27. The fourth-order valence-electron chi connectivity index (χ4n) is 2.80. The number of benzene rings is 1. The highest BCUT2D eigenvalue weighted by Gasteiger charge is 2.26. The molecule has 21 heavy (non-hydrogen) atoms. The van der Waals surface area contributed by atoms with Gasteiger partial charge in [-0.05, 0) is 42.9 Å². The third-order valence-corrected chi connectivity index (χ3v) is 5.45. The van der Waals surface area contributed by atoms with Gasteiger partial charge in [-0.3, -0.25) is 4.57 Å². The molecule has 1 saturated heterocycles. The number of hydrogen-bond donors (Lipinski definition) is 0. The quantitative estimate of drug-likeness (QED) is 0.690. The molecule has 3 aromatic rings. The van der Waals surface area contributed by atoms with Gasteiger partial charge >= 0.3 is 0 Å². The number of para-hydroxylation sites is 1. The molecule has 0 amide bonds. The number of fused-ring (bicyclic) bond motifs is 1. The van der Waals surface area contributed by atoms with Crippen molar-refractivity contribution in [2.45, 2.75) is 18.1 Å². The maximum Gasteiger partial charge on any atom is 0.164 e. The average molecular weight is 316 g/mol. The first-order chi connectivity index (χ1) is 10.3. The van der Waals surface area contributed by atoms with E-state index >= 15 is 0 Å². The van der Waals surface area contributed by atoms with Crippen LogP contribution in [-0.2, 0) is 0 Å². The van der Waals surface area contributed by atoms with Crippen LogP contribution in [0.15, 0.2) is 42.6 Å². The van der Waals surface area contributed by atoms with Crippen molar-refractivity contribution in [2.24, 2.45) is 0 Å². The van der Waals surface area contributed by atoms with E-state index in [4.69, 9.17) is 16.6 Å². The summed E-state index contributed by atoms with van der Waals surface area (Å²) in [6, 6.07) is 11.8. The van der Waals surface area contributed by atoms with Crippen molar-refractivity contribution in [3.8, 4) is 5.69 Å². The van der Waals surface area contributed by atoms with Gasteiger partial charge in [0, 0.05) is 6.20 Å². The molecular formula is C16H14ClN3S. The molecule has 4 rings (SSSR count). The molecule has 0 N–H and O–H groups in total. The molecule has 2 aromatic heterocycles. The lowest BCUT2D eigenvalue weighted by Crippen LogP contribution is -2.04. The second-order valence-electron chi connectivity index (χ2n) is 5.10. The molecule has 1 fully saturated rings. The van der Waals surface area contributed by atoms with Gasteiger partial charge in [0.05, 0.1) is 16.0 Å². The molecule has 5 heteroatoms. The lowest BCUT2D eigenvalue weighted by molar-refractivity contribution is 0.765. The summed E-state index contributed by atoms with van der Waals surface area (Å²) in [5.41, 5.74) is 2.77. The highest BCUT2D eigenvalue weighted by molar-refractivity contribution is 7.99. The Morgan fingerprint density at radius 1 is 1.19 bits per heavy atom. The molecule has 0 radical (unpaired) electrons. The Bertz CT molecular complexity index is 793. The Morgan fingerprint density at radius 2 is 2.10 bits per heavy atom. The van der Waals surface area contributed by atoms with Crippen LogP contribution in [0.5, 0.6) is 0 Å². The normalized spacial score (nSPS) is 18.4. The van der Waals surface area contributed by atoms with Crippen LogP contribution < -0.4 is 0 Å². The van der Waals surface area contributed by atoms with Gasteiger partial charge in [-0.1, -0.05) is 23.7 Å². The lowest BCUT2D eigenvalue weighted by atomic mass is 10.2. The minimum Gasteiger partial charge on any atom is -0.278 e. The van der Waals surface area contributed by atoms with E-state index < -0.39 is 0 Å². The zero-order valence-corrected chi connectivity index (χ0v) is 12.9. The molecule has 3 nitrogen and oxygen atoms in total. The van der Waals surface area contributed by atoms with E-state index in [0.717, 1.165) is 27.7 Å². The first kappa shape index (κ1) is 13.2. The second-order valence-corrected chi connectivity index (χ2v) is 6.82. The first-order valence-corrected chi connectivity index (χ1v) is 8.47. The fraction of sp³-hybridized carbons (Fsp3) is 0.250. The maximum atomic E-state index is 6.41. The number of aromatic nitrogens is 3. The number of rotatable bonds is 2. The molecular weight excluding hydrogens is 302 g/mol. The third kappa shape index (κ3) is 2.23. The van der Waals surface area contributed by atoms with E-state index in [1.54, 1.807) is 0 Å². The van der Waals surface area contributed by atoms with Crippen molar-refractivity contribution in [3.05, 3.63) is 53.4 Å². The monoisotopic (exact) mass is 315 g/mol. The molecule has 0 spiro atoms. The minimum atomic E-state index is 0.426. The van der Waals surface area contributed by atoms with Gasteiger partial charge in [-0.25, -0.2) is 9.97 Å². The molecule has 1 aliphatic heterocycles. The van der Waals surface area contributed by atoms with Gasteiger partial charge in [-0.15, -0.1) is 0 Å². The van der Waals surface area contributed by atoms with Crippen LogP contribution >= 0.6 is 23.4 Å². The molecule has 1 aliphatic rings. The molecule has 1 aromatic carbocycles. The summed E-state index contributed by atoms with van der Waals surface area (Å²) in [6.45, 7) is 0. The largest absolute Gasteiger partial charge is 0.278 e. The number of nitrogens with zero attached hydrogens (tertiary/aromatic N) is 3. The van der Waals surface area contributed by atoms with Gasteiger partial charge in [-0.2, -0.15) is 11.8 Å². The van der Waals surface area contributed by atoms with Crippen molar-refractivity contribution in [1.29, 1.82) is 0 Å². The van der Waals surface area contributed by atoms with Crippen molar-refractivity contribution in [3.63, 3.8) is 0 Å². The second kappa shape index (κ2) is 5.35. The van der Waals surface area contributed by atoms with Gasteiger partial charge in [0.15, 0.2) is 5.65 Å². The number of thioether (sulfide) groups is 1. The molecule has 1 atom stereocenters. The number of hydrogen-bond acceptors (Lipinski definition) is 3. The summed E-state index contributed by atoms with van der Waals surface area (Å²) in [7, 11) is 0. The number of pyridine rings is 1. The zero-order valence-electron chi connectivity index (χ0n) is 11.4. The Labute approximate surface area is 132 Å². The molecule has 3 heterocycles. The minimum absolute atomic E-state index is 0.426. The number of imidazole rings is 1. The lowest BCUT2D eigenvalue weighted by Gasteiger charge is -2.13. The van der Waals surface area contributed by atoms with Gasteiger partial charge in [0.1, 0.15) is 11.3 Å². The Balaban J connectivity index is 2.00. The van der Waals surface area contributed by atoms with E-state index in [0.29, 0.717) is 5.25 Å². The van der Waals surface area contributed by atoms with Crippen LogP contribution in [0.3, 0.4) is 0 Å². The van der Waals surface area contributed by atoms with E-state index in [-0.39, 0.29) is 0 Å². The van der Waals surface area contributed by atoms with E-state index in [1.807, 2.05) is 54.4 Å². The molecule has 0 aliphatic carbocycles. The van der Waals surface area contributed by atoms with Crippen molar-refractivity contribution in [1.82, 2.24) is 14.5 Å². The predicted octanol–water partition coefficient (Wildman–Crippen LogP) is 4.64. The van der Waals surface area contributed by atoms with Crippen molar-refractivity contribution >= 4 is 34.5 Å². The zero-order chi connectivity index (χ0) is 14.2. The van der Waals surface area contributed by atoms with Crippen LogP contribution in [0, 0.1) is 0 Å². The van der Waals surface area contributed by atoms with Crippen LogP contribution in [0.2, 0.25) is 5.02 Å². The molecule has 0 bridgehead atoms. The van der Waals surface area contributed by atoms with Crippen LogP contribution in [-0.4, -0.2) is 20.3 Å². The van der Waals surface area contributed by atoms with Gasteiger partial charge in [0.2, 0.25) is 0 Å². The molecule has 1 unspecified atom stereocenters. The van der Waals surface area contributed by atoms with Crippen molar-refractivity contribution < 1.29 is 0 Å². The highest BCUT2D eigenvalue weighted by atomic mass is 35.5. The average Bonchev–Trinajstić information content (AvgIpc) is 3.15. The summed E-state index contributed by atoms with van der Waals surface area (Å²) in [5, 5.41) is 1.15. The Kier molecular flexibility index (Phi) is 3.36. The van der Waals surface area contributed by atoms with Crippen LogP contribution in [0.25, 0.3) is 16.9 Å². The van der Waals surface area contributed by atoms with E-state index in [9.17, 15) is 0 Å². The van der Waals surface area contributed by atoms with Crippen LogP contribution in [0.4, 0.5) is 0 Å². The SMILES string of the molecule is Clc1ccccc1-n1c(C2CCCS2)nc2cccnc21. The van der Waals surface area contributed by atoms with Crippen molar-refractivity contribution in [2.75, 3.05) is 5.75 Å². The van der Waals surface area contributed by atoms with E-state index in [1.165, 1.54) is 18.6 Å². The first-order valence-electron chi connectivity index (χ1n) is 7.04. The van der Waals surface area contributed by atoms with Gasteiger partial charge < -0.3 is 0 Å². The van der Waals surface area contributed by atoms with Crippen LogP contribution in [0.1, 0.15) is 23.9 Å².